The van der Waals surface area contributed by atoms with Gasteiger partial charge in [-0.25, -0.2) is 18.1 Å². The fourth-order valence-corrected chi connectivity index (χ4v) is 5.17. The molecule has 1 heterocycles. The van der Waals surface area contributed by atoms with Gasteiger partial charge >= 0.3 is 0 Å². The molecular formula is C25H29N5O2S. The number of sulfonamides is 1. The number of nitrogens with one attached hydrogen (secondary N) is 3. The number of para-hydroxylation sites is 1. The molecule has 0 amide bonds. The van der Waals surface area contributed by atoms with Crippen LogP contribution in [0.25, 0.3) is 21.7 Å². The van der Waals surface area contributed by atoms with Crippen LogP contribution in [-0.4, -0.2) is 38.5 Å². The van der Waals surface area contributed by atoms with Gasteiger partial charge in [-0.15, -0.1) is 0 Å². The van der Waals surface area contributed by atoms with Crippen molar-refractivity contribution in [2.45, 2.75) is 30.6 Å². The number of hydrogen-bond donors (Lipinski definition) is 3. The fraction of sp³-hybridized carbons (Fsp3) is 0.280. The van der Waals surface area contributed by atoms with Gasteiger partial charge in [-0.3, -0.25) is 0 Å². The number of nitrogens with zero attached hydrogens (tertiary/aromatic N) is 2. The number of unbranched alkanes of at least 4 members (excludes halogenated alkanes) is 3. The van der Waals surface area contributed by atoms with Crippen LogP contribution in [0, 0.1) is 0 Å². The molecule has 0 aliphatic carbocycles. The van der Waals surface area contributed by atoms with E-state index in [2.05, 4.69) is 25.3 Å². The predicted octanol–water partition coefficient (Wildman–Crippen LogP) is 4.78. The molecule has 4 rings (SSSR count). The Morgan fingerprint density at radius 1 is 0.758 bits per heavy atom. The van der Waals surface area contributed by atoms with E-state index >= 15 is 0 Å². The van der Waals surface area contributed by atoms with E-state index in [1.807, 2.05) is 61.6 Å². The minimum absolute atomic E-state index is 0.334. The van der Waals surface area contributed by atoms with Crippen LogP contribution in [0.15, 0.2) is 71.6 Å². The smallest absolute Gasteiger partial charge is 0.241 e. The zero-order valence-electron chi connectivity index (χ0n) is 18.7. The highest BCUT2D eigenvalue weighted by Crippen LogP contribution is 2.23. The number of aromatic nitrogens is 2. The van der Waals surface area contributed by atoms with Crippen LogP contribution < -0.4 is 15.4 Å². The number of benzene rings is 3. The van der Waals surface area contributed by atoms with E-state index in [4.69, 9.17) is 0 Å². The van der Waals surface area contributed by atoms with E-state index in [1.54, 1.807) is 12.1 Å². The van der Waals surface area contributed by atoms with Crippen molar-refractivity contribution in [3.8, 4) is 0 Å². The summed E-state index contributed by atoms with van der Waals surface area (Å²) in [7, 11) is -1.68. The highest BCUT2D eigenvalue weighted by molar-refractivity contribution is 7.89. The maximum absolute atomic E-state index is 12.7. The molecule has 3 N–H and O–H groups in total. The van der Waals surface area contributed by atoms with E-state index in [1.165, 1.54) is 0 Å². The average Bonchev–Trinajstić information content (AvgIpc) is 2.84. The number of anilines is 2. The molecule has 172 valence electrons. The Balaban J connectivity index is 1.20. The van der Waals surface area contributed by atoms with Crippen LogP contribution in [0.2, 0.25) is 0 Å². The molecule has 4 aromatic rings. The summed E-state index contributed by atoms with van der Waals surface area (Å²) in [5, 5.41) is 9.08. The lowest BCUT2D eigenvalue weighted by Gasteiger charge is -2.10. The molecule has 0 aliphatic heterocycles. The SMILES string of the molecule is CNc1nc(NCCCCCCNS(=O)(=O)c2cccc3ccccc23)nc2ccccc12. The Labute approximate surface area is 194 Å². The van der Waals surface area contributed by atoms with Gasteiger partial charge in [0.2, 0.25) is 16.0 Å². The summed E-state index contributed by atoms with van der Waals surface area (Å²) in [5.41, 5.74) is 0.901. The Kier molecular flexibility index (Phi) is 7.36. The van der Waals surface area contributed by atoms with Gasteiger partial charge in [0.1, 0.15) is 5.82 Å². The molecule has 0 unspecified atom stereocenters. The van der Waals surface area contributed by atoms with Gasteiger partial charge in [0.05, 0.1) is 10.4 Å². The van der Waals surface area contributed by atoms with E-state index < -0.39 is 10.0 Å². The number of fused-ring (bicyclic) bond motifs is 2. The third kappa shape index (κ3) is 5.58. The third-order valence-corrected chi connectivity index (χ3v) is 7.08. The molecule has 0 atom stereocenters. The normalized spacial score (nSPS) is 11.7. The topological polar surface area (TPSA) is 96.0 Å². The van der Waals surface area contributed by atoms with Crippen LogP contribution in [-0.2, 0) is 10.0 Å². The minimum atomic E-state index is -3.53. The van der Waals surface area contributed by atoms with Crippen molar-refractivity contribution in [2.24, 2.45) is 0 Å². The second-order valence-electron chi connectivity index (χ2n) is 7.88. The van der Waals surface area contributed by atoms with Crippen molar-refractivity contribution < 1.29 is 8.42 Å². The summed E-state index contributed by atoms with van der Waals surface area (Å²) >= 11 is 0. The lowest BCUT2D eigenvalue weighted by molar-refractivity contribution is 0.573. The van der Waals surface area contributed by atoms with Crippen molar-refractivity contribution in [3.63, 3.8) is 0 Å². The third-order valence-electron chi connectivity index (χ3n) is 5.56. The lowest BCUT2D eigenvalue weighted by atomic mass is 10.1. The quantitative estimate of drug-likeness (QED) is 0.277. The molecule has 33 heavy (non-hydrogen) atoms. The van der Waals surface area contributed by atoms with Gasteiger partial charge in [-0.1, -0.05) is 61.4 Å². The van der Waals surface area contributed by atoms with E-state index in [0.29, 0.717) is 17.4 Å². The summed E-state index contributed by atoms with van der Waals surface area (Å²) in [6.07, 6.45) is 3.69. The van der Waals surface area contributed by atoms with Crippen LogP contribution in [0.1, 0.15) is 25.7 Å². The van der Waals surface area contributed by atoms with E-state index in [9.17, 15) is 8.42 Å². The second kappa shape index (κ2) is 10.6. The molecule has 1 aromatic heterocycles. The van der Waals surface area contributed by atoms with Crippen LogP contribution in [0.4, 0.5) is 11.8 Å². The summed E-state index contributed by atoms with van der Waals surface area (Å²) in [5.74, 6) is 1.42. The van der Waals surface area contributed by atoms with Gasteiger partial charge in [-0.05, 0) is 36.4 Å². The number of hydrogen-bond acceptors (Lipinski definition) is 6. The van der Waals surface area contributed by atoms with Gasteiger partial charge < -0.3 is 10.6 Å². The summed E-state index contributed by atoms with van der Waals surface area (Å²) in [4.78, 5) is 9.44. The summed E-state index contributed by atoms with van der Waals surface area (Å²) in [6.45, 7) is 1.20. The zero-order valence-corrected chi connectivity index (χ0v) is 19.5. The first-order valence-corrected chi connectivity index (χ1v) is 12.7. The van der Waals surface area contributed by atoms with Crippen molar-refractivity contribution in [3.05, 3.63) is 66.7 Å². The Bertz CT molecular complexity index is 1340. The van der Waals surface area contributed by atoms with E-state index in [-0.39, 0.29) is 0 Å². The van der Waals surface area contributed by atoms with Gasteiger partial charge in [0, 0.05) is 30.9 Å². The average molecular weight is 464 g/mol. The first-order valence-electron chi connectivity index (χ1n) is 11.2. The number of rotatable bonds is 11. The molecule has 0 fully saturated rings. The first-order chi connectivity index (χ1) is 16.1. The molecule has 0 spiro atoms. The Morgan fingerprint density at radius 3 is 2.27 bits per heavy atom. The van der Waals surface area contributed by atoms with Gasteiger partial charge in [-0.2, -0.15) is 4.98 Å². The van der Waals surface area contributed by atoms with Crippen molar-refractivity contribution in [1.29, 1.82) is 0 Å². The molecular weight excluding hydrogens is 434 g/mol. The fourth-order valence-electron chi connectivity index (χ4n) is 3.86. The molecule has 0 bridgehead atoms. The van der Waals surface area contributed by atoms with Gasteiger partial charge in [0.15, 0.2) is 0 Å². The maximum Gasteiger partial charge on any atom is 0.241 e. The molecule has 7 nitrogen and oxygen atoms in total. The summed E-state index contributed by atoms with van der Waals surface area (Å²) in [6, 6.07) is 20.8. The van der Waals surface area contributed by atoms with Gasteiger partial charge in [0.25, 0.3) is 0 Å². The van der Waals surface area contributed by atoms with Crippen LogP contribution in [0.3, 0.4) is 0 Å². The minimum Gasteiger partial charge on any atom is -0.372 e. The summed E-state index contributed by atoms with van der Waals surface area (Å²) < 4.78 is 28.2. The van der Waals surface area contributed by atoms with E-state index in [0.717, 1.165) is 59.7 Å². The van der Waals surface area contributed by atoms with Crippen molar-refractivity contribution in [1.82, 2.24) is 14.7 Å². The maximum atomic E-state index is 12.7. The Hall–Kier alpha value is -3.23. The van der Waals surface area contributed by atoms with Crippen LogP contribution in [0.5, 0.6) is 0 Å². The molecule has 3 aromatic carbocycles. The highest BCUT2D eigenvalue weighted by Gasteiger charge is 2.16. The second-order valence-corrected chi connectivity index (χ2v) is 9.61. The standard InChI is InChI=1S/C25H29N5O2S/c1-26-24-21-14-6-7-15-22(21)29-25(30-24)27-17-8-2-3-9-18-28-33(31,32)23-16-10-12-19-11-4-5-13-20(19)23/h4-7,10-16,28H,2-3,8-9,17-18H2,1H3,(H2,26,27,29,30). The first kappa shape index (κ1) is 22.9. The molecule has 0 saturated heterocycles. The lowest BCUT2D eigenvalue weighted by Crippen LogP contribution is -2.25. The molecule has 0 aliphatic rings. The highest BCUT2D eigenvalue weighted by atomic mass is 32.2. The van der Waals surface area contributed by atoms with Crippen LogP contribution >= 0.6 is 0 Å². The Morgan fingerprint density at radius 2 is 1.45 bits per heavy atom. The molecule has 8 heteroatoms. The van der Waals surface area contributed by atoms with Crippen molar-refractivity contribution >= 4 is 43.5 Å². The monoisotopic (exact) mass is 463 g/mol. The predicted molar refractivity (Wildman–Crippen MR) is 135 cm³/mol. The largest absolute Gasteiger partial charge is 0.372 e. The molecule has 0 saturated carbocycles. The van der Waals surface area contributed by atoms with Crippen molar-refractivity contribution in [2.75, 3.05) is 30.8 Å². The molecule has 0 radical (unpaired) electrons. The zero-order chi connectivity index (χ0) is 23.1.